The van der Waals surface area contributed by atoms with E-state index in [-0.39, 0.29) is 5.56 Å². The second kappa shape index (κ2) is 7.60. The number of pyridine rings is 1. The topological polar surface area (TPSA) is 77.7 Å². The van der Waals surface area contributed by atoms with E-state index in [0.29, 0.717) is 12.5 Å². The van der Waals surface area contributed by atoms with Gasteiger partial charge in [0.1, 0.15) is 6.61 Å². The molecular weight excluding hydrogens is 390 g/mol. The van der Waals surface area contributed by atoms with E-state index in [1.807, 2.05) is 31.2 Å². The maximum absolute atomic E-state index is 11.3. The summed E-state index contributed by atoms with van der Waals surface area (Å²) < 4.78 is 9.73. The quantitative estimate of drug-likeness (QED) is 0.476. The fourth-order valence-corrected chi connectivity index (χ4v) is 3.67. The molecule has 0 atom stereocenters. The molecule has 31 heavy (non-hydrogen) atoms. The molecule has 1 N–H and O–H groups in total. The number of benzene rings is 2. The zero-order valence-electron chi connectivity index (χ0n) is 17.2. The number of rotatable bonds is 5. The molecule has 0 spiro atoms. The Bertz CT molecular complexity index is 1410. The molecule has 5 aromatic rings. The van der Waals surface area contributed by atoms with Gasteiger partial charge < -0.3 is 14.3 Å². The zero-order valence-corrected chi connectivity index (χ0v) is 17.2. The maximum atomic E-state index is 11.3. The second-order valence-electron chi connectivity index (χ2n) is 7.48. The van der Waals surface area contributed by atoms with Crippen molar-refractivity contribution >= 4 is 11.0 Å². The molecule has 7 nitrogen and oxygen atoms in total. The van der Waals surface area contributed by atoms with Crippen LogP contribution in [0.25, 0.3) is 33.3 Å². The third-order valence-corrected chi connectivity index (χ3v) is 5.29. The maximum Gasteiger partial charge on any atom is 0.247 e. The molecule has 154 valence electrons. The van der Waals surface area contributed by atoms with Gasteiger partial charge in [-0.25, -0.2) is 4.98 Å². The number of hydrogen-bond acceptors (Lipinski definition) is 4. The van der Waals surface area contributed by atoms with Gasteiger partial charge in [0.25, 0.3) is 0 Å². The molecule has 5 rings (SSSR count). The number of fused-ring (bicyclic) bond motifs is 1. The van der Waals surface area contributed by atoms with Crippen LogP contribution in [0.2, 0.25) is 0 Å². The summed E-state index contributed by atoms with van der Waals surface area (Å²) in [5.41, 5.74) is 6.89. The van der Waals surface area contributed by atoms with Gasteiger partial charge >= 0.3 is 0 Å². The van der Waals surface area contributed by atoms with Crippen molar-refractivity contribution in [2.45, 2.75) is 6.61 Å². The number of ether oxygens (including phenoxy) is 1. The number of para-hydroxylation sites is 1. The van der Waals surface area contributed by atoms with E-state index in [0.717, 1.165) is 38.9 Å². The minimum absolute atomic E-state index is 0.142. The molecule has 0 radical (unpaired) electrons. The molecule has 0 amide bonds. The highest BCUT2D eigenvalue weighted by Crippen LogP contribution is 2.29. The minimum Gasteiger partial charge on any atom is -0.471 e. The lowest BCUT2D eigenvalue weighted by molar-refractivity contribution is 0.292. The van der Waals surface area contributed by atoms with Crippen LogP contribution < -0.4 is 10.3 Å². The van der Waals surface area contributed by atoms with Crippen LogP contribution >= 0.6 is 0 Å². The van der Waals surface area contributed by atoms with Crippen LogP contribution in [-0.2, 0) is 20.7 Å². The van der Waals surface area contributed by atoms with Gasteiger partial charge in [0.05, 0.1) is 22.9 Å². The van der Waals surface area contributed by atoms with E-state index < -0.39 is 0 Å². The predicted octanol–water partition coefficient (Wildman–Crippen LogP) is 3.91. The summed E-state index contributed by atoms with van der Waals surface area (Å²) in [6.07, 6.45) is 5.38. The first-order chi connectivity index (χ1) is 15.1. The number of aryl methyl sites for hydroxylation is 2. The number of H-pyrrole nitrogens is 1. The number of hydrogen-bond donors (Lipinski definition) is 1. The predicted molar refractivity (Wildman–Crippen MR) is 120 cm³/mol. The summed E-state index contributed by atoms with van der Waals surface area (Å²) in [5.74, 6) is 0.525. The Kier molecular flexibility index (Phi) is 4.63. The lowest BCUT2D eigenvalue weighted by atomic mass is 10.0. The first-order valence-corrected chi connectivity index (χ1v) is 9.93. The molecule has 3 aromatic heterocycles. The number of aromatic amines is 1. The third kappa shape index (κ3) is 3.61. The third-order valence-electron chi connectivity index (χ3n) is 5.29. The average Bonchev–Trinajstić information content (AvgIpc) is 3.36. The van der Waals surface area contributed by atoms with Gasteiger partial charge in [0.15, 0.2) is 0 Å². The molecule has 3 heterocycles. The van der Waals surface area contributed by atoms with Crippen LogP contribution in [0.5, 0.6) is 5.88 Å². The molecule has 0 aliphatic rings. The highest BCUT2D eigenvalue weighted by molar-refractivity contribution is 5.92. The Morgan fingerprint density at radius 3 is 2.55 bits per heavy atom. The monoisotopic (exact) mass is 411 g/mol. The average molecular weight is 411 g/mol. The van der Waals surface area contributed by atoms with Gasteiger partial charge in [-0.1, -0.05) is 36.4 Å². The molecular formula is C24H21N5O2. The molecule has 0 saturated heterocycles. The van der Waals surface area contributed by atoms with Crippen LogP contribution in [-0.4, -0.2) is 24.3 Å². The Morgan fingerprint density at radius 1 is 0.968 bits per heavy atom. The van der Waals surface area contributed by atoms with Crippen LogP contribution in [0.15, 0.2) is 78.1 Å². The summed E-state index contributed by atoms with van der Waals surface area (Å²) in [7, 11) is 3.84. The van der Waals surface area contributed by atoms with E-state index in [9.17, 15) is 4.79 Å². The molecule has 0 fully saturated rings. The Morgan fingerprint density at radius 2 is 1.77 bits per heavy atom. The highest BCUT2D eigenvalue weighted by atomic mass is 16.5. The van der Waals surface area contributed by atoms with Gasteiger partial charge in [0, 0.05) is 43.7 Å². The summed E-state index contributed by atoms with van der Waals surface area (Å²) >= 11 is 0. The van der Waals surface area contributed by atoms with E-state index >= 15 is 0 Å². The Balaban J connectivity index is 1.37. The molecule has 0 saturated carbocycles. The van der Waals surface area contributed by atoms with E-state index in [2.05, 4.69) is 57.5 Å². The molecule has 7 heteroatoms. The number of nitrogens with zero attached hydrogens (tertiary/aromatic N) is 4. The van der Waals surface area contributed by atoms with Crippen molar-refractivity contribution in [3.05, 3.63) is 89.2 Å². The Hall–Kier alpha value is -4.13. The minimum atomic E-state index is -0.142. The van der Waals surface area contributed by atoms with E-state index in [1.165, 1.54) is 6.07 Å². The summed E-state index contributed by atoms with van der Waals surface area (Å²) in [4.78, 5) is 18.6. The highest BCUT2D eigenvalue weighted by Gasteiger charge is 2.12. The zero-order chi connectivity index (χ0) is 21.4. The molecule has 2 aromatic carbocycles. The lowest BCUT2D eigenvalue weighted by Crippen LogP contribution is -2.02. The summed E-state index contributed by atoms with van der Waals surface area (Å²) in [6.45, 7) is 0.390. The lowest BCUT2D eigenvalue weighted by Gasteiger charge is -2.08. The SMILES string of the molecule is Cn1cc(-c2ccc(=O)[nH]c2)c(OCc2ccc(-c3cccc4c3ncn4C)cc2)n1. The first-order valence-electron chi connectivity index (χ1n) is 9.93. The van der Waals surface area contributed by atoms with Crippen molar-refractivity contribution in [3.8, 4) is 28.1 Å². The first kappa shape index (κ1) is 18.9. The fraction of sp³-hybridized carbons (Fsp3) is 0.125. The van der Waals surface area contributed by atoms with E-state index in [1.54, 1.807) is 16.9 Å². The van der Waals surface area contributed by atoms with Gasteiger partial charge in [-0.05, 0) is 23.3 Å². The molecule has 0 unspecified atom stereocenters. The van der Waals surface area contributed by atoms with Crippen LogP contribution in [0.1, 0.15) is 5.56 Å². The van der Waals surface area contributed by atoms with Crippen molar-refractivity contribution in [3.63, 3.8) is 0 Å². The normalized spacial score (nSPS) is 11.2. The largest absolute Gasteiger partial charge is 0.471 e. The van der Waals surface area contributed by atoms with Crippen molar-refractivity contribution < 1.29 is 4.74 Å². The molecule has 0 aliphatic heterocycles. The fourth-order valence-electron chi connectivity index (χ4n) is 3.67. The van der Waals surface area contributed by atoms with Crippen molar-refractivity contribution in [2.75, 3.05) is 0 Å². The van der Waals surface area contributed by atoms with Crippen molar-refractivity contribution in [1.29, 1.82) is 0 Å². The van der Waals surface area contributed by atoms with Gasteiger partial charge in [-0.2, -0.15) is 0 Å². The summed E-state index contributed by atoms with van der Waals surface area (Å²) in [6, 6.07) is 17.7. The Labute approximate surface area is 178 Å². The van der Waals surface area contributed by atoms with E-state index in [4.69, 9.17) is 4.74 Å². The van der Waals surface area contributed by atoms with Gasteiger partial charge in [0.2, 0.25) is 11.4 Å². The molecule has 0 aliphatic carbocycles. The van der Waals surface area contributed by atoms with Gasteiger partial charge in [-0.15, -0.1) is 5.10 Å². The van der Waals surface area contributed by atoms with Crippen molar-refractivity contribution in [1.82, 2.24) is 24.3 Å². The smallest absolute Gasteiger partial charge is 0.247 e. The second-order valence-corrected chi connectivity index (χ2v) is 7.48. The van der Waals surface area contributed by atoms with Crippen LogP contribution in [0, 0.1) is 0 Å². The number of imidazole rings is 1. The van der Waals surface area contributed by atoms with Crippen LogP contribution in [0.4, 0.5) is 0 Å². The number of aromatic nitrogens is 5. The summed E-state index contributed by atoms with van der Waals surface area (Å²) in [5, 5.41) is 4.42. The van der Waals surface area contributed by atoms with Gasteiger partial charge in [-0.3, -0.25) is 9.48 Å². The standard InChI is InChI=1S/C24H21N5O2/c1-28-15-26-23-19(4-3-5-21(23)28)17-8-6-16(7-9-17)14-31-24-20(13-29(2)27-24)18-10-11-22(30)25-12-18/h3-13,15H,14H2,1-2H3,(H,25,30). The van der Waals surface area contributed by atoms with Crippen LogP contribution in [0.3, 0.4) is 0 Å². The molecule has 0 bridgehead atoms. The van der Waals surface area contributed by atoms with Crippen molar-refractivity contribution in [2.24, 2.45) is 14.1 Å². The number of nitrogens with one attached hydrogen (secondary N) is 1.